The molecule has 1 saturated carbocycles. The summed E-state index contributed by atoms with van der Waals surface area (Å²) in [4.78, 5) is 24.4. The smallest absolute Gasteiger partial charge is 0.312 e. The third kappa shape index (κ3) is 2.82. The number of hydrogen-bond acceptors (Lipinski definition) is 3. The second-order valence-electron chi connectivity index (χ2n) is 4.38. The van der Waals surface area contributed by atoms with Crippen LogP contribution in [-0.4, -0.2) is 22.1 Å². The van der Waals surface area contributed by atoms with Gasteiger partial charge >= 0.3 is 5.69 Å². The SMILES string of the molecule is CC(NCCn1ccc(=O)[nH]c1=O)C1CC1. The molecule has 1 aromatic heterocycles. The van der Waals surface area contributed by atoms with E-state index in [-0.39, 0.29) is 11.2 Å². The highest BCUT2D eigenvalue weighted by molar-refractivity contribution is 4.84. The van der Waals surface area contributed by atoms with Gasteiger partial charge in [-0.2, -0.15) is 0 Å². The molecule has 2 rings (SSSR count). The maximum absolute atomic E-state index is 11.3. The summed E-state index contributed by atoms with van der Waals surface area (Å²) in [6.07, 6.45) is 4.16. The summed E-state index contributed by atoms with van der Waals surface area (Å²) < 4.78 is 1.51. The summed E-state index contributed by atoms with van der Waals surface area (Å²) in [5.74, 6) is 0.812. The van der Waals surface area contributed by atoms with E-state index in [1.54, 1.807) is 0 Å². The van der Waals surface area contributed by atoms with Crippen molar-refractivity contribution in [3.63, 3.8) is 0 Å². The minimum absolute atomic E-state index is 0.339. The normalized spacial score (nSPS) is 17.3. The third-order valence-electron chi connectivity index (χ3n) is 3.04. The van der Waals surface area contributed by atoms with Crippen LogP contribution in [0.15, 0.2) is 21.9 Å². The van der Waals surface area contributed by atoms with Gasteiger partial charge in [0.05, 0.1) is 0 Å². The van der Waals surface area contributed by atoms with E-state index in [4.69, 9.17) is 0 Å². The zero-order valence-electron chi connectivity index (χ0n) is 9.40. The van der Waals surface area contributed by atoms with Crippen LogP contribution in [0, 0.1) is 5.92 Å². The van der Waals surface area contributed by atoms with E-state index in [9.17, 15) is 9.59 Å². The molecule has 0 aliphatic heterocycles. The molecule has 16 heavy (non-hydrogen) atoms. The molecule has 0 aromatic carbocycles. The van der Waals surface area contributed by atoms with Crippen molar-refractivity contribution in [1.29, 1.82) is 0 Å². The third-order valence-corrected chi connectivity index (χ3v) is 3.04. The molecule has 88 valence electrons. The predicted octanol–water partition coefficient (Wildman–Crippen LogP) is -0.0753. The Morgan fingerprint density at radius 3 is 2.94 bits per heavy atom. The van der Waals surface area contributed by atoms with Gasteiger partial charge < -0.3 is 5.32 Å². The summed E-state index contributed by atoms with van der Waals surface area (Å²) in [5, 5.41) is 3.38. The van der Waals surface area contributed by atoms with Crippen LogP contribution in [0.25, 0.3) is 0 Å². The zero-order chi connectivity index (χ0) is 11.5. The van der Waals surface area contributed by atoms with E-state index in [1.165, 1.54) is 29.7 Å². The van der Waals surface area contributed by atoms with Crippen molar-refractivity contribution < 1.29 is 0 Å². The van der Waals surface area contributed by atoms with Crippen LogP contribution in [0.2, 0.25) is 0 Å². The molecule has 1 aliphatic rings. The van der Waals surface area contributed by atoms with Crippen molar-refractivity contribution in [2.24, 2.45) is 5.92 Å². The van der Waals surface area contributed by atoms with Gasteiger partial charge in [-0.3, -0.25) is 14.3 Å². The topological polar surface area (TPSA) is 66.9 Å². The van der Waals surface area contributed by atoms with Gasteiger partial charge in [-0.25, -0.2) is 4.79 Å². The highest BCUT2D eigenvalue weighted by Crippen LogP contribution is 2.32. The molecule has 1 fully saturated rings. The van der Waals surface area contributed by atoms with Gasteiger partial charge in [-0.15, -0.1) is 0 Å². The quantitative estimate of drug-likeness (QED) is 0.734. The Kier molecular flexibility index (Phi) is 3.24. The largest absolute Gasteiger partial charge is 0.328 e. The fraction of sp³-hybridized carbons (Fsp3) is 0.636. The molecular weight excluding hydrogens is 206 g/mol. The van der Waals surface area contributed by atoms with Crippen LogP contribution in [0.4, 0.5) is 0 Å². The average molecular weight is 223 g/mol. The Hall–Kier alpha value is -1.36. The lowest BCUT2D eigenvalue weighted by Crippen LogP contribution is -2.35. The number of nitrogens with one attached hydrogen (secondary N) is 2. The van der Waals surface area contributed by atoms with E-state index in [2.05, 4.69) is 17.2 Å². The summed E-state index contributed by atoms with van der Waals surface area (Å²) in [6, 6.07) is 1.89. The van der Waals surface area contributed by atoms with E-state index in [0.29, 0.717) is 12.6 Å². The molecule has 1 aliphatic carbocycles. The molecule has 1 heterocycles. The number of rotatable bonds is 5. The van der Waals surface area contributed by atoms with Crippen LogP contribution in [0.1, 0.15) is 19.8 Å². The fourth-order valence-electron chi connectivity index (χ4n) is 1.80. The Morgan fingerprint density at radius 1 is 1.56 bits per heavy atom. The van der Waals surface area contributed by atoms with Crippen LogP contribution in [-0.2, 0) is 6.54 Å². The molecule has 0 amide bonds. The van der Waals surface area contributed by atoms with Gasteiger partial charge in [0.25, 0.3) is 5.56 Å². The molecule has 5 heteroatoms. The molecule has 0 spiro atoms. The van der Waals surface area contributed by atoms with Gasteiger partial charge in [-0.05, 0) is 25.7 Å². The Bertz CT molecular complexity index is 459. The fourth-order valence-corrected chi connectivity index (χ4v) is 1.80. The Balaban J connectivity index is 1.84. The lowest BCUT2D eigenvalue weighted by atomic mass is 10.2. The van der Waals surface area contributed by atoms with E-state index < -0.39 is 0 Å². The van der Waals surface area contributed by atoms with Crippen molar-refractivity contribution in [1.82, 2.24) is 14.9 Å². The second-order valence-corrected chi connectivity index (χ2v) is 4.38. The molecule has 0 radical (unpaired) electrons. The van der Waals surface area contributed by atoms with Gasteiger partial charge in [0.1, 0.15) is 0 Å². The first-order valence-electron chi connectivity index (χ1n) is 5.70. The molecule has 2 N–H and O–H groups in total. The van der Waals surface area contributed by atoms with Gasteiger partial charge in [0, 0.05) is 31.4 Å². The van der Waals surface area contributed by atoms with Crippen LogP contribution >= 0.6 is 0 Å². The summed E-state index contributed by atoms with van der Waals surface area (Å²) in [6.45, 7) is 3.52. The Morgan fingerprint density at radius 2 is 2.31 bits per heavy atom. The molecule has 0 saturated heterocycles. The van der Waals surface area contributed by atoms with Gasteiger partial charge in [-0.1, -0.05) is 0 Å². The molecule has 0 bridgehead atoms. The molecule has 5 nitrogen and oxygen atoms in total. The maximum atomic E-state index is 11.3. The number of nitrogens with zero attached hydrogens (tertiary/aromatic N) is 1. The highest BCUT2D eigenvalue weighted by Gasteiger charge is 2.27. The molecule has 1 aromatic rings. The van der Waals surface area contributed by atoms with Crippen LogP contribution < -0.4 is 16.6 Å². The van der Waals surface area contributed by atoms with E-state index >= 15 is 0 Å². The molecule has 1 atom stereocenters. The maximum Gasteiger partial charge on any atom is 0.328 e. The highest BCUT2D eigenvalue weighted by atomic mass is 16.2. The predicted molar refractivity (Wildman–Crippen MR) is 61.5 cm³/mol. The number of aromatic nitrogens is 2. The number of hydrogen-bond donors (Lipinski definition) is 2. The van der Waals surface area contributed by atoms with Crippen molar-refractivity contribution >= 4 is 0 Å². The van der Waals surface area contributed by atoms with Crippen LogP contribution in [0.3, 0.4) is 0 Å². The summed E-state index contributed by atoms with van der Waals surface area (Å²) in [7, 11) is 0. The van der Waals surface area contributed by atoms with Crippen molar-refractivity contribution in [3.05, 3.63) is 33.1 Å². The summed E-state index contributed by atoms with van der Waals surface area (Å²) in [5.41, 5.74) is -0.686. The minimum atomic E-state index is -0.347. The Labute approximate surface area is 93.5 Å². The summed E-state index contributed by atoms with van der Waals surface area (Å²) >= 11 is 0. The first kappa shape index (κ1) is 11.1. The lowest BCUT2D eigenvalue weighted by molar-refractivity contribution is 0.469. The lowest BCUT2D eigenvalue weighted by Gasteiger charge is -2.12. The van der Waals surface area contributed by atoms with E-state index in [1.807, 2.05) is 0 Å². The average Bonchev–Trinajstić information content (AvgIpc) is 3.04. The number of H-pyrrole nitrogens is 1. The molecule has 1 unspecified atom stereocenters. The number of aromatic amines is 1. The minimum Gasteiger partial charge on any atom is -0.312 e. The van der Waals surface area contributed by atoms with Crippen LogP contribution in [0.5, 0.6) is 0 Å². The van der Waals surface area contributed by atoms with Gasteiger partial charge in [0.2, 0.25) is 0 Å². The first-order valence-corrected chi connectivity index (χ1v) is 5.70. The van der Waals surface area contributed by atoms with E-state index in [0.717, 1.165) is 12.5 Å². The standard InChI is InChI=1S/C11H17N3O2/c1-8(9-2-3-9)12-5-7-14-6-4-10(15)13-11(14)16/h4,6,8-9,12H,2-3,5,7H2,1H3,(H,13,15,16). The molecular formula is C11H17N3O2. The van der Waals surface area contributed by atoms with Crippen molar-refractivity contribution in [3.8, 4) is 0 Å². The monoisotopic (exact) mass is 223 g/mol. The van der Waals surface area contributed by atoms with Crippen molar-refractivity contribution in [2.45, 2.75) is 32.4 Å². The zero-order valence-corrected chi connectivity index (χ0v) is 9.40. The van der Waals surface area contributed by atoms with Crippen molar-refractivity contribution in [2.75, 3.05) is 6.54 Å². The first-order chi connectivity index (χ1) is 7.66. The van der Waals surface area contributed by atoms with Gasteiger partial charge in [0.15, 0.2) is 0 Å². The second kappa shape index (κ2) is 4.65.